The number of para-hydroxylation sites is 2. The van der Waals surface area contributed by atoms with Crippen molar-refractivity contribution in [3.05, 3.63) is 78.9 Å². The van der Waals surface area contributed by atoms with Crippen LogP contribution in [-0.2, 0) is 0 Å². The number of benzene rings is 2. The molecule has 1 aliphatic rings. The number of aromatic nitrogens is 1. The lowest BCUT2D eigenvalue weighted by Crippen LogP contribution is -1.95. The van der Waals surface area contributed by atoms with Crippen LogP contribution < -0.4 is 0 Å². The van der Waals surface area contributed by atoms with Gasteiger partial charge in [0.1, 0.15) is 0 Å². The molecule has 0 aliphatic heterocycles. The van der Waals surface area contributed by atoms with Gasteiger partial charge in [-0.2, -0.15) is 0 Å². The number of rotatable bonds is 1. The average Bonchev–Trinajstić information content (AvgIpc) is 2.65. The Morgan fingerprint density at radius 1 is 0.700 bits per heavy atom. The van der Waals surface area contributed by atoms with Crippen LogP contribution in [0, 0.1) is 0 Å². The zero-order valence-corrected chi connectivity index (χ0v) is 11.2. The number of hydrogen-bond acceptors (Lipinski definition) is 0. The van der Waals surface area contributed by atoms with E-state index in [1.165, 1.54) is 27.5 Å². The molecule has 0 saturated carbocycles. The lowest BCUT2D eigenvalue weighted by Gasteiger charge is -2.09. The summed E-state index contributed by atoms with van der Waals surface area (Å²) < 4.78 is 2.38. The lowest BCUT2D eigenvalue weighted by molar-refractivity contribution is 1.14. The molecule has 1 nitrogen and oxygen atoms in total. The average molecular weight is 257 g/mol. The summed E-state index contributed by atoms with van der Waals surface area (Å²) in [4.78, 5) is 0. The second-order valence-electron chi connectivity index (χ2n) is 5.04. The van der Waals surface area contributed by atoms with Crippen molar-refractivity contribution in [2.45, 2.75) is 6.42 Å². The van der Waals surface area contributed by atoms with Gasteiger partial charge in [0, 0.05) is 22.9 Å². The highest BCUT2D eigenvalue weighted by atomic mass is 15.0. The fraction of sp³-hybridized carbons (Fsp3) is 0.0526. The maximum absolute atomic E-state index is 2.38. The summed E-state index contributed by atoms with van der Waals surface area (Å²) in [5.41, 5.74) is 3.87. The molecule has 1 aliphatic carbocycles. The van der Waals surface area contributed by atoms with E-state index in [1.54, 1.807) is 0 Å². The smallest absolute Gasteiger partial charge is 0.0537 e. The quantitative estimate of drug-likeness (QED) is 0.568. The second kappa shape index (κ2) is 4.53. The third-order valence-corrected chi connectivity index (χ3v) is 3.84. The Morgan fingerprint density at radius 3 is 2.05 bits per heavy atom. The molecule has 1 heteroatoms. The first kappa shape index (κ1) is 11.3. The predicted octanol–water partition coefficient (Wildman–Crippen LogP) is 5.15. The first-order chi connectivity index (χ1) is 9.95. The van der Waals surface area contributed by atoms with E-state index >= 15 is 0 Å². The van der Waals surface area contributed by atoms with Crippen molar-refractivity contribution in [3.8, 4) is 0 Å². The van der Waals surface area contributed by atoms with Gasteiger partial charge in [0.25, 0.3) is 0 Å². The zero-order chi connectivity index (χ0) is 13.4. The molecule has 0 bridgehead atoms. The van der Waals surface area contributed by atoms with E-state index in [-0.39, 0.29) is 0 Å². The van der Waals surface area contributed by atoms with E-state index in [0.29, 0.717) is 0 Å². The molecular formula is C19H15N. The van der Waals surface area contributed by atoms with Gasteiger partial charge in [0.2, 0.25) is 0 Å². The highest BCUT2D eigenvalue weighted by molar-refractivity contribution is 6.10. The third-order valence-electron chi connectivity index (χ3n) is 3.84. The van der Waals surface area contributed by atoms with Gasteiger partial charge in [-0.25, -0.2) is 0 Å². The molecule has 3 aromatic rings. The van der Waals surface area contributed by atoms with Crippen molar-refractivity contribution in [2.24, 2.45) is 0 Å². The van der Waals surface area contributed by atoms with Crippen LogP contribution in [0.25, 0.3) is 27.5 Å². The topological polar surface area (TPSA) is 4.93 Å². The largest absolute Gasteiger partial charge is 0.313 e. The molecule has 0 amide bonds. The Labute approximate surface area is 118 Å². The molecule has 96 valence electrons. The molecule has 0 spiro atoms. The van der Waals surface area contributed by atoms with Crippen LogP contribution in [0.4, 0.5) is 0 Å². The van der Waals surface area contributed by atoms with E-state index in [9.17, 15) is 0 Å². The molecule has 0 unspecified atom stereocenters. The van der Waals surface area contributed by atoms with Gasteiger partial charge in [-0.05, 0) is 18.2 Å². The molecule has 1 aromatic heterocycles. The first-order valence-electron chi connectivity index (χ1n) is 6.96. The van der Waals surface area contributed by atoms with Gasteiger partial charge in [0.05, 0.1) is 11.0 Å². The van der Waals surface area contributed by atoms with Crippen molar-refractivity contribution in [2.75, 3.05) is 0 Å². The van der Waals surface area contributed by atoms with E-state index in [1.807, 2.05) is 0 Å². The molecule has 0 saturated heterocycles. The molecular weight excluding hydrogens is 242 g/mol. The highest BCUT2D eigenvalue weighted by Gasteiger charge is 2.11. The number of nitrogens with zero attached hydrogens (tertiary/aromatic N) is 1. The Morgan fingerprint density at radius 2 is 1.35 bits per heavy atom. The third kappa shape index (κ3) is 1.64. The molecule has 1 heterocycles. The van der Waals surface area contributed by atoms with Crippen molar-refractivity contribution >= 4 is 27.5 Å². The summed E-state index contributed by atoms with van der Waals surface area (Å²) in [5.74, 6) is 0. The van der Waals surface area contributed by atoms with Crippen LogP contribution in [0.1, 0.15) is 6.42 Å². The van der Waals surface area contributed by atoms with E-state index < -0.39 is 0 Å². The van der Waals surface area contributed by atoms with Gasteiger partial charge in [0.15, 0.2) is 0 Å². The number of hydrogen-bond donors (Lipinski definition) is 0. The number of fused-ring (bicyclic) bond motifs is 3. The SMILES string of the molecule is C1=CC=C(n2c3ccccc3c3ccccc32)CC=C1. The van der Waals surface area contributed by atoms with Gasteiger partial charge < -0.3 is 4.57 Å². The molecule has 4 rings (SSSR count). The summed E-state index contributed by atoms with van der Waals surface area (Å²) in [7, 11) is 0. The van der Waals surface area contributed by atoms with Gasteiger partial charge in [-0.15, -0.1) is 0 Å². The first-order valence-corrected chi connectivity index (χ1v) is 6.96. The molecule has 0 atom stereocenters. The summed E-state index contributed by atoms with van der Waals surface area (Å²) in [5, 5.41) is 2.64. The highest BCUT2D eigenvalue weighted by Crippen LogP contribution is 2.32. The van der Waals surface area contributed by atoms with Crippen LogP contribution in [0.5, 0.6) is 0 Å². The Bertz CT molecular complexity index is 822. The maximum atomic E-state index is 2.38. The monoisotopic (exact) mass is 257 g/mol. The molecule has 0 N–H and O–H groups in total. The van der Waals surface area contributed by atoms with E-state index in [4.69, 9.17) is 0 Å². The minimum Gasteiger partial charge on any atom is -0.313 e. The van der Waals surface area contributed by atoms with Crippen LogP contribution in [-0.4, -0.2) is 4.57 Å². The second-order valence-corrected chi connectivity index (χ2v) is 5.04. The Kier molecular flexibility index (Phi) is 2.56. The minimum absolute atomic E-state index is 0.954. The Balaban J connectivity index is 2.13. The van der Waals surface area contributed by atoms with Crippen LogP contribution in [0.15, 0.2) is 78.9 Å². The lowest BCUT2D eigenvalue weighted by atomic mass is 10.2. The van der Waals surface area contributed by atoms with Crippen molar-refractivity contribution in [1.82, 2.24) is 4.57 Å². The Hall–Kier alpha value is -2.54. The molecule has 20 heavy (non-hydrogen) atoms. The van der Waals surface area contributed by atoms with E-state index in [0.717, 1.165) is 6.42 Å². The predicted molar refractivity (Wildman–Crippen MR) is 86.6 cm³/mol. The summed E-state index contributed by atoms with van der Waals surface area (Å²) in [6, 6.07) is 17.3. The van der Waals surface area contributed by atoms with Gasteiger partial charge in [-0.1, -0.05) is 60.7 Å². The van der Waals surface area contributed by atoms with Crippen LogP contribution in [0.2, 0.25) is 0 Å². The van der Waals surface area contributed by atoms with Crippen molar-refractivity contribution in [3.63, 3.8) is 0 Å². The molecule has 0 radical (unpaired) electrons. The number of allylic oxidation sites excluding steroid dienone is 6. The van der Waals surface area contributed by atoms with E-state index in [2.05, 4.69) is 83.5 Å². The van der Waals surface area contributed by atoms with Gasteiger partial charge >= 0.3 is 0 Å². The van der Waals surface area contributed by atoms with Crippen LogP contribution in [0.3, 0.4) is 0 Å². The van der Waals surface area contributed by atoms with Crippen molar-refractivity contribution < 1.29 is 0 Å². The normalized spacial score (nSPS) is 14.7. The molecule has 0 fully saturated rings. The summed E-state index contributed by atoms with van der Waals surface area (Å²) in [6.07, 6.45) is 11.7. The standard InChI is InChI=1S/C19H15N/c1-2-4-10-15(9-3-1)20-18-13-7-5-11-16(18)17-12-6-8-14-19(17)20/h1-9,11-14H,10H2. The fourth-order valence-corrected chi connectivity index (χ4v) is 2.96. The maximum Gasteiger partial charge on any atom is 0.0537 e. The minimum atomic E-state index is 0.954. The van der Waals surface area contributed by atoms with Crippen molar-refractivity contribution in [1.29, 1.82) is 0 Å². The summed E-state index contributed by atoms with van der Waals surface area (Å²) >= 11 is 0. The van der Waals surface area contributed by atoms with Crippen LogP contribution >= 0.6 is 0 Å². The fourth-order valence-electron chi connectivity index (χ4n) is 2.96. The molecule has 2 aromatic carbocycles. The zero-order valence-electron chi connectivity index (χ0n) is 11.2. The van der Waals surface area contributed by atoms with Gasteiger partial charge in [-0.3, -0.25) is 0 Å². The summed E-state index contributed by atoms with van der Waals surface area (Å²) in [6.45, 7) is 0.